The number of hydrogen-bond acceptors (Lipinski definition) is 5. The van der Waals surface area contributed by atoms with Crippen LogP contribution in [0.2, 0.25) is 0 Å². The SMILES string of the molecule is CCCCC(CC)C(=O)Nc1nnc(C2CC(=O)N(c3cc(C)cc(C)c3)C2)s1. The maximum atomic E-state index is 12.6. The van der Waals surface area contributed by atoms with Crippen LogP contribution in [0, 0.1) is 19.8 Å². The minimum atomic E-state index is 0.00790. The Morgan fingerprint density at radius 2 is 1.97 bits per heavy atom. The largest absolute Gasteiger partial charge is 0.312 e. The van der Waals surface area contributed by atoms with E-state index in [1.54, 1.807) is 0 Å². The Balaban J connectivity index is 1.66. The van der Waals surface area contributed by atoms with Crippen molar-refractivity contribution < 1.29 is 9.59 Å². The van der Waals surface area contributed by atoms with Crippen molar-refractivity contribution in [3.63, 3.8) is 0 Å². The highest BCUT2D eigenvalue weighted by Gasteiger charge is 2.34. The quantitative estimate of drug-likeness (QED) is 0.671. The Morgan fingerprint density at radius 1 is 1.24 bits per heavy atom. The summed E-state index contributed by atoms with van der Waals surface area (Å²) in [6, 6.07) is 6.19. The number of nitrogens with zero attached hydrogens (tertiary/aromatic N) is 3. The third-order valence-electron chi connectivity index (χ3n) is 5.43. The van der Waals surface area contributed by atoms with Gasteiger partial charge in [-0.2, -0.15) is 0 Å². The van der Waals surface area contributed by atoms with E-state index in [-0.39, 0.29) is 23.7 Å². The predicted molar refractivity (Wildman–Crippen MR) is 117 cm³/mol. The van der Waals surface area contributed by atoms with E-state index in [0.29, 0.717) is 18.1 Å². The zero-order chi connectivity index (χ0) is 21.0. The van der Waals surface area contributed by atoms with E-state index >= 15 is 0 Å². The number of anilines is 2. The van der Waals surface area contributed by atoms with Crippen LogP contribution >= 0.6 is 11.3 Å². The van der Waals surface area contributed by atoms with Gasteiger partial charge in [0.25, 0.3) is 0 Å². The molecule has 2 heterocycles. The molecule has 0 aliphatic carbocycles. The summed E-state index contributed by atoms with van der Waals surface area (Å²) in [4.78, 5) is 26.9. The standard InChI is InChI=1S/C22H30N4O2S/c1-5-7-8-16(6-2)20(28)23-22-25-24-21(29-22)17-12-19(27)26(13-17)18-10-14(3)9-15(4)11-18/h9-11,16-17H,5-8,12-13H2,1-4H3,(H,23,25,28). The summed E-state index contributed by atoms with van der Waals surface area (Å²) < 4.78 is 0. The Kier molecular flexibility index (Phi) is 7.00. The number of aromatic nitrogens is 2. The summed E-state index contributed by atoms with van der Waals surface area (Å²) in [6.45, 7) is 8.85. The average Bonchev–Trinajstić information content (AvgIpc) is 3.28. The van der Waals surface area contributed by atoms with Crippen LogP contribution in [0.5, 0.6) is 0 Å². The second kappa shape index (κ2) is 9.48. The lowest BCUT2D eigenvalue weighted by Gasteiger charge is -2.17. The smallest absolute Gasteiger partial charge is 0.229 e. The van der Waals surface area contributed by atoms with Crippen LogP contribution in [0.25, 0.3) is 0 Å². The first-order chi connectivity index (χ1) is 13.9. The monoisotopic (exact) mass is 414 g/mol. The molecule has 1 saturated heterocycles. The predicted octanol–water partition coefficient (Wildman–Crippen LogP) is 4.83. The Labute approximate surface area is 176 Å². The first-order valence-electron chi connectivity index (χ1n) is 10.4. The molecule has 6 nitrogen and oxygen atoms in total. The molecule has 0 radical (unpaired) electrons. The molecular weight excluding hydrogens is 384 g/mol. The number of carbonyl (C=O) groups excluding carboxylic acids is 2. The van der Waals surface area contributed by atoms with Gasteiger partial charge in [-0.3, -0.25) is 9.59 Å². The maximum Gasteiger partial charge on any atom is 0.229 e. The normalized spacial score (nSPS) is 17.6. The minimum Gasteiger partial charge on any atom is -0.312 e. The lowest BCUT2D eigenvalue weighted by atomic mass is 9.99. The molecule has 1 fully saturated rings. The molecule has 0 bridgehead atoms. The molecule has 1 aromatic carbocycles. The van der Waals surface area contributed by atoms with Gasteiger partial charge >= 0.3 is 0 Å². The fourth-order valence-electron chi connectivity index (χ4n) is 3.86. The summed E-state index contributed by atoms with van der Waals surface area (Å²) in [7, 11) is 0. The Bertz CT molecular complexity index is 859. The second-order valence-electron chi connectivity index (χ2n) is 7.93. The summed E-state index contributed by atoms with van der Waals surface area (Å²) in [5, 5.41) is 12.7. The highest BCUT2D eigenvalue weighted by molar-refractivity contribution is 7.15. The Hall–Kier alpha value is -2.28. The van der Waals surface area contributed by atoms with Crippen molar-refractivity contribution in [2.24, 2.45) is 5.92 Å². The van der Waals surface area contributed by atoms with Gasteiger partial charge < -0.3 is 10.2 Å². The van der Waals surface area contributed by atoms with Gasteiger partial charge in [0.05, 0.1) is 0 Å². The van der Waals surface area contributed by atoms with Crippen LogP contribution in [0.3, 0.4) is 0 Å². The first-order valence-corrected chi connectivity index (χ1v) is 11.3. The Morgan fingerprint density at radius 3 is 2.62 bits per heavy atom. The molecule has 2 atom stereocenters. The van der Waals surface area contributed by atoms with E-state index in [9.17, 15) is 9.59 Å². The van der Waals surface area contributed by atoms with Gasteiger partial charge in [0.1, 0.15) is 5.01 Å². The molecule has 1 N–H and O–H groups in total. The van der Waals surface area contributed by atoms with Crippen molar-refractivity contribution >= 4 is 34.0 Å². The number of rotatable bonds is 8. The van der Waals surface area contributed by atoms with E-state index in [0.717, 1.165) is 47.5 Å². The van der Waals surface area contributed by atoms with Crippen LogP contribution in [0.4, 0.5) is 10.8 Å². The zero-order valence-corrected chi connectivity index (χ0v) is 18.5. The number of benzene rings is 1. The molecule has 7 heteroatoms. The third-order valence-corrected chi connectivity index (χ3v) is 6.43. The molecule has 1 aromatic heterocycles. The van der Waals surface area contributed by atoms with Gasteiger partial charge in [-0.1, -0.05) is 44.1 Å². The summed E-state index contributed by atoms with van der Waals surface area (Å²) in [6.07, 6.45) is 4.26. The van der Waals surface area contributed by atoms with E-state index in [2.05, 4.69) is 28.5 Å². The number of unbranched alkanes of at least 4 members (excludes halogenated alkanes) is 1. The molecular formula is C22H30N4O2S. The van der Waals surface area contributed by atoms with Gasteiger partial charge in [-0.25, -0.2) is 0 Å². The molecule has 156 valence electrons. The van der Waals surface area contributed by atoms with E-state index in [4.69, 9.17) is 0 Å². The third kappa shape index (κ3) is 5.21. The van der Waals surface area contributed by atoms with Crippen LogP contribution in [-0.2, 0) is 9.59 Å². The van der Waals surface area contributed by atoms with Crippen LogP contribution < -0.4 is 10.2 Å². The first kappa shape index (κ1) is 21.4. The number of nitrogens with one attached hydrogen (secondary N) is 1. The molecule has 29 heavy (non-hydrogen) atoms. The van der Waals surface area contributed by atoms with Gasteiger partial charge in [-0.15, -0.1) is 10.2 Å². The number of aryl methyl sites for hydroxylation is 2. The molecule has 0 saturated carbocycles. The average molecular weight is 415 g/mol. The lowest BCUT2D eigenvalue weighted by Crippen LogP contribution is -2.24. The van der Waals surface area contributed by atoms with Gasteiger partial charge in [0, 0.05) is 30.5 Å². The molecule has 2 amide bonds. The number of hydrogen-bond donors (Lipinski definition) is 1. The lowest BCUT2D eigenvalue weighted by molar-refractivity contribution is -0.120. The molecule has 0 spiro atoms. The highest BCUT2D eigenvalue weighted by Crippen LogP contribution is 2.35. The minimum absolute atomic E-state index is 0.00790. The van der Waals surface area contributed by atoms with Crippen LogP contribution in [0.1, 0.15) is 68.0 Å². The topological polar surface area (TPSA) is 75.2 Å². The van der Waals surface area contributed by atoms with Gasteiger partial charge in [0.15, 0.2) is 0 Å². The van der Waals surface area contributed by atoms with Crippen molar-refractivity contribution in [2.45, 2.75) is 65.7 Å². The zero-order valence-electron chi connectivity index (χ0n) is 17.7. The van der Waals surface area contributed by atoms with Crippen molar-refractivity contribution in [1.82, 2.24) is 10.2 Å². The number of amides is 2. The van der Waals surface area contributed by atoms with Crippen molar-refractivity contribution in [3.05, 3.63) is 34.3 Å². The summed E-state index contributed by atoms with van der Waals surface area (Å²) in [5.74, 6) is 0.137. The fraction of sp³-hybridized carbons (Fsp3) is 0.545. The maximum absolute atomic E-state index is 12.6. The molecule has 1 aliphatic heterocycles. The molecule has 2 aromatic rings. The molecule has 2 unspecified atom stereocenters. The number of carbonyl (C=O) groups is 2. The van der Waals surface area contributed by atoms with Crippen molar-refractivity contribution in [3.8, 4) is 0 Å². The summed E-state index contributed by atoms with van der Waals surface area (Å²) >= 11 is 1.38. The van der Waals surface area contributed by atoms with Crippen molar-refractivity contribution in [1.29, 1.82) is 0 Å². The van der Waals surface area contributed by atoms with E-state index in [1.165, 1.54) is 11.3 Å². The van der Waals surface area contributed by atoms with Crippen LogP contribution in [0.15, 0.2) is 18.2 Å². The van der Waals surface area contributed by atoms with Gasteiger partial charge in [-0.05, 0) is 49.9 Å². The van der Waals surface area contributed by atoms with Gasteiger partial charge in [0.2, 0.25) is 16.9 Å². The van der Waals surface area contributed by atoms with E-state index in [1.807, 2.05) is 37.8 Å². The molecule has 1 aliphatic rings. The van der Waals surface area contributed by atoms with Crippen LogP contribution in [-0.4, -0.2) is 28.6 Å². The second-order valence-corrected chi connectivity index (χ2v) is 8.94. The highest BCUT2D eigenvalue weighted by atomic mass is 32.1. The molecule has 3 rings (SSSR count). The van der Waals surface area contributed by atoms with E-state index < -0.39 is 0 Å². The fourth-order valence-corrected chi connectivity index (χ4v) is 4.70. The summed E-state index contributed by atoms with van der Waals surface area (Å²) in [5.41, 5.74) is 3.23. The van der Waals surface area contributed by atoms with Crippen molar-refractivity contribution in [2.75, 3.05) is 16.8 Å².